The Morgan fingerprint density at radius 3 is 2.76 bits per heavy atom. The summed E-state index contributed by atoms with van der Waals surface area (Å²) >= 11 is 0. The zero-order chi connectivity index (χ0) is 14.7. The average molecular weight is 284 g/mol. The van der Waals surface area contributed by atoms with E-state index in [1.165, 1.54) is 25.7 Å². The van der Waals surface area contributed by atoms with Crippen LogP contribution in [0.5, 0.6) is 0 Å². The van der Waals surface area contributed by atoms with Gasteiger partial charge in [0.2, 0.25) is 0 Å². The van der Waals surface area contributed by atoms with E-state index in [9.17, 15) is 0 Å². The van der Waals surface area contributed by atoms with Crippen LogP contribution >= 0.6 is 0 Å². The summed E-state index contributed by atoms with van der Waals surface area (Å²) in [4.78, 5) is 8.57. The molecule has 2 atom stereocenters. The molecule has 2 aromatic heterocycles. The molecule has 4 heteroatoms. The maximum atomic E-state index is 4.52. The number of hydrogen-bond acceptors (Lipinski definition) is 3. The number of rotatable bonds is 4. The van der Waals surface area contributed by atoms with Crippen molar-refractivity contribution < 1.29 is 0 Å². The molecule has 4 nitrogen and oxygen atoms in total. The van der Waals surface area contributed by atoms with E-state index in [-0.39, 0.29) is 0 Å². The summed E-state index contributed by atoms with van der Waals surface area (Å²) < 4.78 is 1.92. The van der Waals surface area contributed by atoms with Gasteiger partial charge in [-0.3, -0.25) is 4.57 Å². The second-order valence-electron chi connectivity index (χ2n) is 6.32. The molecule has 0 saturated heterocycles. The van der Waals surface area contributed by atoms with Gasteiger partial charge in [0, 0.05) is 18.4 Å². The number of aromatic nitrogens is 3. The van der Waals surface area contributed by atoms with E-state index in [0.29, 0.717) is 6.04 Å². The van der Waals surface area contributed by atoms with Crippen LogP contribution in [-0.4, -0.2) is 20.6 Å². The first-order valence-electron chi connectivity index (χ1n) is 7.95. The maximum Gasteiger partial charge on any atom is 0.137 e. The van der Waals surface area contributed by atoms with Crippen molar-refractivity contribution in [3.05, 3.63) is 37.1 Å². The first-order chi connectivity index (χ1) is 10.2. The molecule has 1 saturated carbocycles. The summed E-state index contributed by atoms with van der Waals surface area (Å²) in [5.74, 6) is 2.41. The lowest BCUT2D eigenvalue weighted by atomic mass is 9.78. The van der Waals surface area contributed by atoms with E-state index in [2.05, 4.69) is 35.2 Å². The fourth-order valence-electron chi connectivity index (χ4n) is 3.37. The zero-order valence-corrected chi connectivity index (χ0v) is 12.9. The first kappa shape index (κ1) is 14.1. The highest BCUT2D eigenvalue weighted by Crippen LogP contribution is 2.32. The summed E-state index contributed by atoms with van der Waals surface area (Å²) in [7, 11) is 0. The van der Waals surface area contributed by atoms with Crippen LogP contribution in [0.2, 0.25) is 0 Å². The Labute approximate surface area is 126 Å². The van der Waals surface area contributed by atoms with Crippen LogP contribution in [0.1, 0.15) is 39.5 Å². The van der Waals surface area contributed by atoms with Crippen LogP contribution in [0.15, 0.2) is 37.1 Å². The molecule has 0 aromatic carbocycles. The number of pyridine rings is 1. The van der Waals surface area contributed by atoms with E-state index in [0.717, 1.165) is 23.3 Å². The fourth-order valence-corrected chi connectivity index (χ4v) is 3.37. The van der Waals surface area contributed by atoms with Crippen LogP contribution < -0.4 is 5.32 Å². The molecule has 112 valence electrons. The summed E-state index contributed by atoms with van der Waals surface area (Å²) in [5.41, 5.74) is 1.12. The van der Waals surface area contributed by atoms with Gasteiger partial charge in [-0.2, -0.15) is 0 Å². The van der Waals surface area contributed by atoms with Gasteiger partial charge in [0.25, 0.3) is 0 Å². The lowest BCUT2D eigenvalue weighted by Gasteiger charge is -2.35. The van der Waals surface area contributed by atoms with Gasteiger partial charge in [-0.05, 0) is 36.8 Å². The van der Waals surface area contributed by atoms with Crippen LogP contribution in [0.4, 0.5) is 5.69 Å². The lowest BCUT2D eigenvalue weighted by molar-refractivity contribution is 0.254. The molecule has 0 aliphatic heterocycles. The molecule has 0 amide bonds. The van der Waals surface area contributed by atoms with Crippen molar-refractivity contribution in [2.24, 2.45) is 11.8 Å². The Balaban J connectivity index is 1.69. The van der Waals surface area contributed by atoms with Gasteiger partial charge in [0.05, 0.1) is 11.9 Å². The molecule has 3 rings (SSSR count). The highest BCUT2D eigenvalue weighted by molar-refractivity contribution is 5.44. The van der Waals surface area contributed by atoms with Crippen LogP contribution in [0, 0.1) is 11.8 Å². The molecule has 2 aromatic rings. The highest BCUT2D eigenvalue weighted by Gasteiger charge is 2.27. The van der Waals surface area contributed by atoms with Gasteiger partial charge in [-0.15, -0.1) is 0 Å². The highest BCUT2D eigenvalue weighted by atomic mass is 15.1. The molecule has 1 aliphatic rings. The number of anilines is 1. The Morgan fingerprint density at radius 2 is 2.10 bits per heavy atom. The SMILES string of the molecule is CC(C)C1CCCCC1Nc1ccc(-n2ccnc2)nc1. The minimum Gasteiger partial charge on any atom is -0.381 e. The summed E-state index contributed by atoms with van der Waals surface area (Å²) in [6.45, 7) is 4.68. The van der Waals surface area contributed by atoms with Gasteiger partial charge < -0.3 is 5.32 Å². The van der Waals surface area contributed by atoms with E-state index in [1.54, 1.807) is 12.5 Å². The smallest absolute Gasteiger partial charge is 0.137 e. The third kappa shape index (κ3) is 3.26. The molecule has 0 bridgehead atoms. The normalized spacial score (nSPS) is 22.4. The lowest BCUT2D eigenvalue weighted by Crippen LogP contribution is -2.35. The van der Waals surface area contributed by atoms with Crippen molar-refractivity contribution in [3.8, 4) is 5.82 Å². The van der Waals surface area contributed by atoms with E-state index in [1.807, 2.05) is 23.0 Å². The molecule has 0 radical (unpaired) electrons. The minimum absolute atomic E-state index is 0.583. The molecule has 1 fully saturated rings. The predicted molar refractivity (Wildman–Crippen MR) is 85.6 cm³/mol. The van der Waals surface area contributed by atoms with Crippen LogP contribution in [-0.2, 0) is 0 Å². The Kier molecular flexibility index (Phi) is 4.23. The third-order valence-electron chi connectivity index (χ3n) is 4.54. The van der Waals surface area contributed by atoms with Gasteiger partial charge >= 0.3 is 0 Å². The molecule has 2 unspecified atom stereocenters. The topological polar surface area (TPSA) is 42.7 Å². The summed E-state index contributed by atoms with van der Waals surface area (Å²) in [6, 6.07) is 4.74. The number of hydrogen-bond donors (Lipinski definition) is 1. The molecule has 2 heterocycles. The van der Waals surface area contributed by atoms with Gasteiger partial charge in [0.1, 0.15) is 12.1 Å². The molecular formula is C17H24N4. The quantitative estimate of drug-likeness (QED) is 0.926. The van der Waals surface area contributed by atoms with Crippen molar-refractivity contribution in [3.63, 3.8) is 0 Å². The Morgan fingerprint density at radius 1 is 1.24 bits per heavy atom. The maximum absolute atomic E-state index is 4.52. The van der Waals surface area contributed by atoms with Crippen molar-refractivity contribution >= 4 is 5.69 Å². The van der Waals surface area contributed by atoms with E-state index in [4.69, 9.17) is 0 Å². The van der Waals surface area contributed by atoms with Crippen molar-refractivity contribution in [1.29, 1.82) is 0 Å². The van der Waals surface area contributed by atoms with Crippen molar-refractivity contribution in [1.82, 2.24) is 14.5 Å². The van der Waals surface area contributed by atoms with Crippen LogP contribution in [0.25, 0.3) is 5.82 Å². The van der Waals surface area contributed by atoms with E-state index >= 15 is 0 Å². The fraction of sp³-hybridized carbons (Fsp3) is 0.529. The largest absolute Gasteiger partial charge is 0.381 e. The third-order valence-corrected chi connectivity index (χ3v) is 4.54. The van der Waals surface area contributed by atoms with Gasteiger partial charge in [-0.1, -0.05) is 26.7 Å². The monoisotopic (exact) mass is 284 g/mol. The second-order valence-corrected chi connectivity index (χ2v) is 6.32. The standard InChI is InChI=1S/C17H24N4/c1-13(2)15-5-3-4-6-16(15)20-14-7-8-17(19-11-14)21-10-9-18-12-21/h7-13,15-16,20H,3-6H2,1-2H3. The second kappa shape index (κ2) is 6.29. The first-order valence-corrected chi connectivity index (χ1v) is 7.95. The predicted octanol–water partition coefficient (Wildman–Crippen LogP) is 3.89. The van der Waals surface area contributed by atoms with Gasteiger partial charge in [0.15, 0.2) is 0 Å². The Hall–Kier alpha value is -1.84. The number of nitrogens with one attached hydrogen (secondary N) is 1. The van der Waals surface area contributed by atoms with Crippen molar-refractivity contribution in [2.75, 3.05) is 5.32 Å². The minimum atomic E-state index is 0.583. The van der Waals surface area contributed by atoms with Crippen molar-refractivity contribution in [2.45, 2.75) is 45.6 Å². The summed E-state index contributed by atoms with van der Waals surface area (Å²) in [6.07, 6.45) is 12.7. The van der Waals surface area contributed by atoms with Gasteiger partial charge in [-0.25, -0.2) is 9.97 Å². The summed E-state index contributed by atoms with van der Waals surface area (Å²) in [5, 5.41) is 3.70. The number of nitrogens with zero attached hydrogens (tertiary/aromatic N) is 3. The molecular weight excluding hydrogens is 260 g/mol. The Bertz CT molecular complexity index is 545. The molecule has 1 N–H and O–H groups in total. The number of imidazole rings is 1. The van der Waals surface area contributed by atoms with E-state index < -0.39 is 0 Å². The molecule has 0 spiro atoms. The average Bonchev–Trinajstić information content (AvgIpc) is 3.03. The zero-order valence-electron chi connectivity index (χ0n) is 12.9. The molecule has 21 heavy (non-hydrogen) atoms. The van der Waals surface area contributed by atoms with Crippen LogP contribution in [0.3, 0.4) is 0 Å². The molecule has 1 aliphatic carbocycles.